The summed E-state index contributed by atoms with van der Waals surface area (Å²) in [5.74, 6) is -0.575. The van der Waals surface area contributed by atoms with Crippen LogP contribution in [0.15, 0.2) is 72.8 Å². The highest BCUT2D eigenvalue weighted by Gasteiger charge is 2.30. The molecule has 2 amide bonds. The fraction of sp³-hybridized carbons (Fsp3) is 0.310. The van der Waals surface area contributed by atoms with Gasteiger partial charge < -0.3 is 10.2 Å². The van der Waals surface area contributed by atoms with Gasteiger partial charge in [-0.25, -0.2) is 8.42 Å². The van der Waals surface area contributed by atoms with E-state index >= 15 is 0 Å². The summed E-state index contributed by atoms with van der Waals surface area (Å²) in [5, 5.41) is 3.98. The largest absolute Gasteiger partial charge is 0.355 e. The van der Waals surface area contributed by atoms with E-state index in [0.29, 0.717) is 39.3 Å². The highest BCUT2D eigenvalue weighted by Crippen LogP contribution is 2.25. The molecule has 11 heteroatoms. The van der Waals surface area contributed by atoms with Crippen molar-refractivity contribution >= 4 is 62.3 Å². The number of carbonyl (C=O) groups excluding carboxylic acids is 2. The molecule has 0 aliphatic heterocycles. The van der Waals surface area contributed by atoms with Crippen LogP contribution in [0.4, 0.5) is 5.69 Å². The maximum absolute atomic E-state index is 13.8. The molecule has 0 spiro atoms. The van der Waals surface area contributed by atoms with Gasteiger partial charge in [-0.2, -0.15) is 0 Å². The molecule has 7 nitrogen and oxygen atoms in total. The molecule has 1 N–H and O–H groups in total. The summed E-state index contributed by atoms with van der Waals surface area (Å²) in [5.41, 5.74) is 2.02. The van der Waals surface area contributed by atoms with Crippen LogP contribution >= 0.6 is 34.8 Å². The van der Waals surface area contributed by atoms with E-state index < -0.39 is 16.1 Å². The summed E-state index contributed by atoms with van der Waals surface area (Å²) in [4.78, 5) is 28.6. The van der Waals surface area contributed by atoms with Gasteiger partial charge in [0.2, 0.25) is 21.8 Å². The molecule has 214 valence electrons. The zero-order valence-electron chi connectivity index (χ0n) is 22.3. The number of nitrogens with zero attached hydrogens (tertiary/aromatic N) is 2. The lowest BCUT2D eigenvalue weighted by Gasteiger charge is -2.32. The molecule has 0 radical (unpaired) electrons. The Bertz CT molecular complexity index is 1420. The second kappa shape index (κ2) is 14.7. The van der Waals surface area contributed by atoms with Crippen LogP contribution in [-0.2, 0) is 32.6 Å². The van der Waals surface area contributed by atoms with E-state index in [-0.39, 0.29) is 37.7 Å². The minimum Gasteiger partial charge on any atom is -0.355 e. The number of anilines is 1. The summed E-state index contributed by atoms with van der Waals surface area (Å²) >= 11 is 18.4. The average molecular weight is 625 g/mol. The third-order valence-electron chi connectivity index (χ3n) is 6.21. The number of rotatable bonds is 13. The fourth-order valence-corrected chi connectivity index (χ4v) is 5.78. The summed E-state index contributed by atoms with van der Waals surface area (Å²) in [6, 6.07) is 20.3. The molecule has 0 aliphatic rings. The Balaban J connectivity index is 1.88. The first-order valence-electron chi connectivity index (χ1n) is 12.8. The zero-order chi connectivity index (χ0) is 29.3. The van der Waals surface area contributed by atoms with Crippen LogP contribution in [-0.4, -0.2) is 50.5 Å². The summed E-state index contributed by atoms with van der Waals surface area (Å²) < 4.78 is 26.3. The molecular formula is C29H32Cl3N3O4S. The highest BCUT2D eigenvalue weighted by atomic mass is 35.5. The number of hydrogen-bond acceptors (Lipinski definition) is 4. The van der Waals surface area contributed by atoms with Gasteiger partial charge in [0, 0.05) is 37.5 Å². The molecule has 40 heavy (non-hydrogen) atoms. The van der Waals surface area contributed by atoms with E-state index in [1.54, 1.807) is 42.5 Å². The summed E-state index contributed by atoms with van der Waals surface area (Å²) in [7, 11) is -3.63. The Hall–Kier alpha value is -2.78. The predicted molar refractivity (Wildman–Crippen MR) is 163 cm³/mol. The molecule has 0 saturated heterocycles. The van der Waals surface area contributed by atoms with Gasteiger partial charge in [-0.05, 0) is 54.8 Å². The van der Waals surface area contributed by atoms with Crippen LogP contribution in [0.3, 0.4) is 0 Å². The smallest absolute Gasteiger partial charge is 0.243 e. The van der Waals surface area contributed by atoms with Crippen LogP contribution in [0.25, 0.3) is 0 Å². The molecule has 3 aromatic rings. The Kier molecular flexibility index (Phi) is 11.7. The van der Waals surface area contributed by atoms with Crippen molar-refractivity contribution < 1.29 is 18.0 Å². The SMILES string of the molecule is CCNC(=O)[C@H](Cc1ccccc1)N(Cc1ccc(Cl)c(Cl)c1)C(=O)CCCN(c1cccc(Cl)c1)S(C)(=O)=O. The monoisotopic (exact) mass is 623 g/mol. The Morgan fingerprint density at radius 1 is 0.900 bits per heavy atom. The molecule has 0 fully saturated rings. The predicted octanol–water partition coefficient (Wildman–Crippen LogP) is 5.97. The van der Waals surface area contributed by atoms with Crippen molar-refractivity contribution in [2.24, 2.45) is 0 Å². The molecule has 3 aromatic carbocycles. The third-order valence-corrected chi connectivity index (χ3v) is 8.38. The number of nitrogens with one attached hydrogen (secondary N) is 1. The number of amides is 2. The molecule has 3 rings (SSSR count). The van der Waals surface area contributed by atoms with Crippen molar-refractivity contribution in [3.63, 3.8) is 0 Å². The van der Waals surface area contributed by atoms with E-state index in [1.807, 2.05) is 37.3 Å². The van der Waals surface area contributed by atoms with Crippen molar-refractivity contribution in [2.45, 2.75) is 38.8 Å². The van der Waals surface area contributed by atoms with E-state index in [1.165, 1.54) is 9.21 Å². The van der Waals surface area contributed by atoms with Crippen LogP contribution in [0.5, 0.6) is 0 Å². The first-order chi connectivity index (χ1) is 19.0. The summed E-state index contributed by atoms with van der Waals surface area (Å²) in [6.07, 6.45) is 1.65. The number of halogens is 3. The van der Waals surface area contributed by atoms with E-state index in [2.05, 4.69) is 5.32 Å². The van der Waals surface area contributed by atoms with E-state index in [0.717, 1.165) is 11.8 Å². The van der Waals surface area contributed by atoms with Gasteiger partial charge in [0.1, 0.15) is 6.04 Å². The van der Waals surface area contributed by atoms with Crippen LogP contribution in [0, 0.1) is 0 Å². The van der Waals surface area contributed by atoms with Gasteiger partial charge in [-0.1, -0.05) is 77.3 Å². The fourth-order valence-electron chi connectivity index (χ4n) is 4.32. The second-order valence-corrected chi connectivity index (χ2v) is 12.4. The molecule has 1 atom stereocenters. The van der Waals surface area contributed by atoms with Crippen LogP contribution in [0.1, 0.15) is 30.9 Å². The molecule has 0 bridgehead atoms. The molecule has 0 aromatic heterocycles. The lowest BCUT2D eigenvalue weighted by Crippen LogP contribution is -2.50. The Labute approximate surface area is 251 Å². The first-order valence-corrected chi connectivity index (χ1v) is 15.8. The highest BCUT2D eigenvalue weighted by molar-refractivity contribution is 7.92. The maximum atomic E-state index is 13.8. The molecule has 0 heterocycles. The lowest BCUT2D eigenvalue weighted by atomic mass is 10.0. The van der Waals surface area contributed by atoms with Crippen molar-refractivity contribution in [1.29, 1.82) is 0 Å². The summed E-state index contributed by atoms with van der Waals surface area (Å²) in [6.45, 7) is 2.41. The van der Waals surface area contributed by atoms with Gasteiger partial charge in [0.25, 0.3) is 0 Å². The van der Waals surface area contributed by atoms with E-state index in [9.17, 15) is 18.0 Å². The number of benzene rings is 3. The number of likely N-dealkylation sites (N-methyl/N-ethyl adjacent to an activating group) is 1. The van der Waals surface area contributed by atoms with E-state index in [4.69, 9.17) is 34.8 Å². The minimum atomic E-state index is -3.63. The third kappa shape index (κ3) is 9.13. The topological polar surface area (TPSA) is 86.8 Å². The normalized spacial score (nSPS) is 12.0. The Morgan fingerprint density at radius 3 is 2.25 bits per heavy atom. The molecule has 0 saturated carbocycles. The van der Waals surface area contributed by atoms with Crippen molar-refractivity contribution in [1.82, 2.24) is 10.2 Å². The maximum Gasteiger partial charge on any atom is 0.243 e. The average Bonchev–Trinajstić information content (AvgIpc) is 2.90. The first kappa shape index (κ1) is 31.7. The van der Waals surface area contributed by atoms with Gasteiger partial charge in [0.15, 0.2) is 0 Å². The van der Waals surface area contributed by atoms with Crippen molar-refractivity contribution in [3.05, 3.63) is 99.0 Å². The molecular weight excluding hydrogens is 593 g/mol. The standard InChI is InChI=1S/C29H32Cl3N3O4S/c1-3-33-29(37)27(18-21-9-5-4-6-10-21)34(20-22-14-15-25(31)26(32)17-22)28(36)13-8-16-35(40(2,38)39)24-12-7-11-23(30)19-24/h4-7,9-12,14-15,17,19,27H,3,8,13,16,18,20H2,1-2H3,(H,33,37)/t27-/m0/s1. The van der Waals surface area contributed by atoms with Crippen LogP contribution in [0.2, 0.25) is 15.1 Å². The second-order valence-electron chi connectivity index (χ2n) is 9.29. The van der Waals surface area contributed by atoms with Crippen molar-refractivity contribution in [2.75, 3.05) is 23.7 Å². The number of sulfonamides is 1. The van der Waals surface area contributed by atoms with Gasteiger partial charge >= 0.3 is 0 Å². The Morgan fingerprint density at radius 2 is 1.62 bits per heavy atom. The van der Waals surface area contributed by atoms with Crippen LogP contribution < -0.4 is 9.62 Å². The zero-order valence-corrected chi connectivity index (χ0v) is 25.4. The quantitative estimate of drug-likeness (QED) is 0.254. The minimum absolute atomic E-state index is 0.0125. The lowest BCUT2D eigenvalue weighted by molar-refractivity contribution is -0.141. The van der Waals surface area contributed by atoms with Gasteiger partial charge in [-0.15, -0.1) is 0 Å². The number of hydrogen-bond donors (Lipinski definition) is 1. The van der Waals surface area contributed by atoms with Crippen molar-refractivity contribution in [3.8, 4) is 0 Å². The molecule has 0 aliphatic carbocycles. The number of carbonyl (C=O) groups is 2. The molecule has 0 unspecified atom stereocenters. The van der Waals surface area contributed by atoms with Gasteiger partial charge in [-0.3, -0.25) is 13.9 Å². The van der Waals surface area contributed by atoms with Gasteiger partial charge in [0.05, 0.1) is 22.0 Å².